The number of anilines is 1. The number of halogens is 2. The molecule has 0 unspecified atom stereocenters. The Kier molecular flexibility index (Phi) is 6.50. The molecule has 0 radical (unpaired) electrons. The third-order valence-corrected chi connectivity index (χ3v) is 3.37. The predicted molar refractivity (Wildman–Crippen MR) is 79.0 cm³/mol. The van der Waals surface area contributed by atoms with Crippen LogP contribution in [0.5, 0.6) is 5.75 Å². The highest BCUT2D eigenvalue weighted by molar-refractivity contribution is 9.09. The summed E-state index contributed by atoms with van der Waals surface area (Å²) < 4.78 is 5.20. The van der Waals surface area contributed by atoms with Crippen molar-refractivity contribution >= 4 is 39.1 Å². The van der Waals surface area contributed by atoms with E-state index < -0.39 is 0 Å². The smallest absolute Gasteiger partial charge is 0.221 e. The highest BCUT2D eigenvalue weighted by atomic mass is 79.9. The van der Waals surface area contributed by atoms with E-state index in [4.69, 9.17) is 16.3 Å². The van der Waals surface area contributed by atoms with Crippen molar-refractivity contribution < 1.29 is 9.53 Å². The molecule has 0 fully saturated rings. The summed E-state index contributed by atoms with van der Waals surface area (Å²) in [5.41, 5.74) is 1.82. The van der Waals surface area contributed by atoms with Crippen LogP contribution in [-0.2, 0) is 11.2 Å². The molecule has 3 nitrogen and oxygen atoms in total. The second-order valence-electron chi connectivity index (χ2n) is 3.97. The molecule has 0 aliphatic rings. The molecule has 0 spiro atoms. The average Bonchev–Trinajstić information content (AvgIpc) is 2.31. The van der Waals surface area contributed by atoms with E-state index in [0.717, 1.165) is 35.8 Å². The molecule has 1 amide bonds. The van der Waals surface area contributed by atoms with Gasteiger partial charge in [0.15, 0.2) is 0 Å². The molecule has 0 saturated heterocycles. The molecule has 0 heterocycles. The van der Waals surface area contributed by atoms with Crippen LogP contribution in [0.3, 0.4) is 0 Å². The topological polar surface area (TPSA) is 38.3 Å². The Morgan fingerprint density at radius 3 is 2.72 bits per heavy atom. The van der Waals surface area contributed by atoms with E-state index in [1.807, 2.05) is 6.07 Å². The van der Waals surface area contributed by atoms with Gasteiger partial charge in [0, 0.05) is 17.9 Å². The second kappa shape index (κ2) is 7.64. The van der Waals surface area contributed by atoms with Crippen molar-refractivity contribution in [3.05, 3.63) is 22.7 Å². The first-order valence-electron chi connectivity index (χ1n) is 5.78. The van der Waals surface area contributed by atoms with Gasteiger partial charge in [-0.25, -0.2) is 0 Å². The molecule has 1 N–H and O–H groups in total. The largest absolute Gasteiger partial charge is 0.495 e. The number of rotatable bonds is 6. The van der Waals surface area contributed by atoms with Crippen molar-refractivity contribution in [1.29, 1.82) is 0 Å². The van der Waals surface area contributed by atoms with Crippen molar-refractivity contribution in [2.24, 2.45) is 0 Å². The fraction of sp³-hybridized carbons (Fsp3) is 0.462. The van der Waals surface area contributed by atoms with Crippen LogP contribution in [-0.4, -0.2) is 18.3 Å². The minimum Gasteiger partial charge on any atom is -0.495 e. The molecule has 0 atom stereocenters. The lowest BCUT2D eigenvalue weighted by atomic mass is 10.1. The fourth-order valence-corrected chi connectivity index (χ4v) is 2.31. The summed E-state index contributed by atoms with van der Waals surface area (Å²) in [5, 5.41) is 4.29. The molecular weight excluding hydrogens is 318 g/mol. The van der Waals surface area contributed by atoms with Crippen LogP contribution in [0.25, 0.3) is 0 Å². The van der Waals surface area contributed by atoms with Gasteiger partial charge in [-0.1, -0.05) is 27.5 Å². The number of amides is 1. The second-order valence-corrected chi connectivity index (χ2v) is 5.17. The number of alkyl halides is 1. The molecule has 0 aliphatic heterocycles. The van der Waals surface area contributed by atoms with Crippen molar-refractivity contribution in [3.8, 4) is 5.75 Å². The molecule has 1 aromatic carbocycles. The monoisotopic (exact) mass is 333 g/mol. The van der Waals surface area contributed by atoms with Crippen molar-refractivity contribution in [3.63, 3.8) is 0 Å². The minimum atomic E-state index is -0.0991. The van der Waals surface area contributed by atoms with Gasteiger partial charge in [0.2, 0.25) is 5.91 Å². The van der Waals surface area contributed by atoms with Gasteiger partial charge >= 0.3 is 0 Å². The van der Waals surface area contributed by atoms with Crippen LogP contribution in [0.1, 0.15) is 25.3 Å². The third kappa shape index (κ3) is 4.50. The zero-order chi connectivity index (χ0) is 13.5. The van der Waals surface area contributed by atoms with Crippen LogP contribution in [0.2, 0.25) is 5.02 Å². The summed E-state index contributed by atoms with van der Waals surface area (Å²) in [4.78, 5) is 11.2. The minimum absolute atomic E-state index is 0.0991. The van der Waals surface area contributed by atoms with Gasteiger partial charge in [0.1, 0.15) is 5.75 Å². The quantitative estimate of drug-likeness (QED) is 0.630. The zero-order valence-electron chi connectivity index (χ0n) is 10.6. The van der Waals surface area contributed by atoms with Gasteiger partial charge in [-0.2, -0.15) is 0 Å². The van der Waals surface area contributed by atoms with Gasteiger partial charge in [0.05, 0.1) is 12.1 Å². The van der Waals surface area contributed by atoms with Crippen LogP contribution >= 0.6 is 27.5 Å². The summed E-state index contributed by atoms with van der Waals surface area (Å²) in [7, 11) is 1.58. The Hall–Kier alpha value is -0.740. The molecule has 0 bridgehead atoms. The maximum atomic E-state index is 11.2. The van der Waals surface area contributed by atoms with E-state index >= 15 is 0 Å². The Morgan fingerprint density at radius 1 is 1.44 bits per heavy atom. The summed E-state index contributed by atoms with van der Waals surface area (Å²) in [6.45, 7) is 1.49. The van der Waals surface area contributed by atoms with Gasteiger partial charge in [0.25, 0.3) is 0 Å². The number of carbonyl (C=O) groups excluding carboxylic acids is 1. The molecule has 0 aromatic heterocycles. The number of aryl methyl sites for hydroxylation is 1. The fourth-order valence-electron chi connectivity index (χ4n) is 1.67. The molecule has 1 aromatic rings. The summed E-state index contributed by atoms with van der Waals surface area (Å²) in [6, 6.07) is 3.63. The molecule has 5 heteroatoms. The van der Waals surface area contributed by atoms with Gasteiger partial charge in [-0.15, -0.1) is 0 Å². The SMILES string of the molecule is COc1cc(CCCCBr)c(NC(C)=O)cc1Cl. The lowest BCUT2D eigenvalue weighted by molar-refractivity contribution is -0.114. The van der Waals surface area contributed by atoms with Crippen LogP contribution < -0.4 is 10.1 Å². The van der Waals surface area contributed by atoms with E-state index in [1.54, 1.807) is 13.2 Å². The lowest BCUT2D eigenvalue weighted by Crippen LogP contribution is -2.08. The first-order valence-corrected chi connectivity index (χ1v) is 7.28. The van der Waals surface area contributed by atoms with Gasteiger partial charge in [-0.3, -0.25) is 4.79 Å². The van der Waals surface area contributed by atoms with Gasteiger partial charge < -0.3 is 10.1 Å². The van der Waals surface area contributed by atoms with Crippen LogP contribution in [0.15, 0.2) is 12.1 Å². The molecule has 100 valence electrons. The average molecular weight is 335 g/mol. The van der Waals surface area contributed by atoms with Crippen molar-refractivity contribution in [2.75, 3.05) is 17.8 Å². The van der Waals surface area contributed by atoms with Crippen molar-refractivity contribution in [2.45, 2.75) is 26.2 Å². The number of hydrogen-bond donors (Lipinski definition) is 1. The maximum Gasteiger partial charge on any atom is 0.221 e. The number of unbranched alkanes of at least 4 members (excludes halogenated alkanes) is 1. The lowest BCUT2D eigenvalue weighted by Gasteiger charge is -2.13. The number of carbonyl (C=O) groups is 1. The predicted octanol–water partition coefficient (Wildman–Crippen LogP) is 4.02. The molecule has 18 heavy (non-hydrogen) atoms. The van der Waals surface area contributed by atoms with E-state index in [2.05, 4.69) is 21.2 Å². The normalized spacial score (nSPS) is 10.2. The van der Waals surface area contributed by atoms with E-state index in [0.29, 0.717) is 10.8 Å². The number of hydrogen-bond acceptors (Lipinski definition) is 2. The summed E-state index contributed by atoms with van der Waals surface area (Å²) in [5.74, 6) is 0.539. The van der Waals surface area contributed by atoms with E-state index in [-0.39, 0.29) is 5.91 Å². The number of benzene rings is 1. The van der Waals surface area contributed by atoms with E-state index in [9.17, 15) is 4.79 Å². The number of methoxy groups -OCH3 is 1. The van der Waals surface area contributed by atoms with Crippen LogP contribution in [0, 0.1) is 0 Å². The van der Waals surface area contributed by atoms with Crippen molar-refractivity contribution in [1.82, 2.24) is 0 Å². The molecule has 1 rings (SSSR count). The number of nitrogens with one attached hydrogen (secondary N) is 1. The Balaban J connectivity index is 2.97. The summed E-state index contributed by atoms with van der Waals surface area (Å²) >= 11 is 9.47. The van der Waals surface area contributed by atoms with E-state index in [1.165, 1.54) is 6.92 Å². The molecule has 0 saturated carbocycles. The summed E-state index contributed by atoms with van der Waals surface area (Å²) in [6.07, 6.45) is 3.02. The Morgan fingerprint density at radius 2 is 2.17 bits per heavy atom. The first-order chi connectivity index (χ1) is 8.58. The zero-order valence-corrected chi connectivity index (χ0v) is 12.9. The Bertz CT molecular complexity index is 424. The Labute approximate surface area is 121 Å². The maximum absolute atomic E-state index is 11.2. The third-order valence-electron chi connectivity index (χ3n) is 2.52. The van der Waals surface area contributed by atoms with Gasteiger partial charge in [-0.05, 0) is 37.0 Å². The highest BCUT2D eigenvalue weighted by Gasteiger charge is 2.10. The van der Waals surface area contributed by atoms with Crippen LogP contribution in [0.4, 0.5) is 5.69 Å². The highest BCUT2D eigenvalue weighted by Crippen LogP contribution is 2.32. The standard InChI is InChI=1S/C13H17BrClNO2/c1-9(17)16-12-8-11(15)13(18-2)7-10(12)5-3-4-6-14/h7-8H,3-6H2,1-2H3,(H,16,17). The molecular formula is C13H17BrClNO2. The molecule has 0 aliphatic carbocycles. The first kappa shape index (κ1) is 15.3. The number of ether oxygens (including phenoxy) is 1.